The fourth-order valence-corrected chi connectivity index (χ4v) is 7.75. The van der Waals surface area contributed by atoms with Crippen LogP contribution in [0.5, 0.6) is 0 Å². The molecule has 0 spiro atoms. The van der Waals surface area contributed by atoms with E-state index in [1.54, 1.807) is 0 Å². The summed E-state index contributed by atoms with van der Waals surface area (Å²) in [6.45, 7) is 3.82. The number of benzene rings is 5. The molecule has 12 heteroatoms. The van der Waals surface area contributed by atoms with Crippen molar-refractivity contribution in [1.29, 1.82) is 0 Å². The third-order valence-corrected chi connectivity index (χ3v) is 10.9. The summed E-state index contributed by atoms with van der Waals surface area (Å²) in [5, 5.41) is 12.4. The maximum atomic E-state index is 13.9. The van der Waals surface area contributed by atoms with Crippen molar-refractivity contribution in [2.45, 2.75) is 102 Å². The summed E-state index contributed by atoms with van der Waals surface area (Å²) >= 11 is 0. The Labute approximate surface area is 363 Å². The monoisotopic (exact) mass is 845 g/mol. The van der Waals surface area contributed by atoms with Crippen LogP contribution in [0.3, 0.4) is 0 Å². The molecule has 0 saturated carbocycles. The second-order valence-corrected chi connectivity index (χ2v) is 15.5. The molecular weight excluding hydrogens is 791 g/mol. The first-order valence-corrected chi connectivity index (χ1v) is 21.0. The van der Waals surface area contributed by atoms with Crippen LogP contribution in [-0.4, -0.2) is 90.3 Å². The van der Waals surface area contributed by atoms with Gasteiger partial charge < -0.3 is 43.0 Å². The van der Waals surface area contributed by atoms with Gasteiger partial charge in [0, 0.05) is 6.92 Å². The first kappa shape index (κ1) is 44.6. The number of piperidine rings is 1. The molecule has 2 heterocycles. The van der Waals surface area contributed by atoms with Crippen molar-refractivity contribution in [3.05, 3.63) is 179 Å². The van der Waals surface area contributed by atoms with Crippen molar-refractivity contribution in [2.24, 2.45) is 0 Å². The molecule has 1 N–H and O–H groups in total. The third kappa shape index (κ3) is 12.4. The Balaban J connectivity index is 1.19. The molecule has 2 aliphatic heterocycles. The number of nitrogens with zero attached hydrogens (tertiary/aromatic N) is 1. The lowest BCUT2D eigenvalue weighted by Gasteiger charge is -2.49. The van der Waals surface area contributed by atoms with Gasteiger partial charge in [-0.15, -0.1) is 0 Å². The van der Waals surface area contributed by atoms with Gasteiger partial charge in [0.1, 0.15) is 43.2 Å². The number of rotatable bonds is 18. The van der Waals surface area contributed by atoms with Gasteiger partial charge in [0.05, 0.1) is 51.7 Å². The minimum absolute atomic E-state index is 0.00582. The summed E-state index contributed by atoms with van der Waals surface area (Å²) in [6, 6.07) is 47.2. The van der Waals surface area contributed by atoms with Crippen molar-refractivity contribution in [3.63, 3.8) is 0 Å². The van der Waals surface area contributed by atoms with Gasteiger partial charge in [-0.2, -0.15) is 0 Å². The van der Waals surface area contributed by atoms with E-state index in [9.17, 15) is 14.7 Å². The highest BCUT2D eigenvalue weighted by atomic mass is 16.7. The van der Waals surface area contributed by atoms with Crippen molar-refractivity contribution in [2.75, 3.05) is 13.2 Å². The third-order valence-electron chi connectivity index (χ3n) is 10.9. The van der Waals surface area contributed by atoms with E-state index in [0.717, 1.165) is 27.8 Å². The van der Waals surface area contributed by atoms with Crippen molar-refractivity contribution < 1.29 is 52.6 Å². The molecule has 2 fully saturated rings. The number of carbonyl (C=O) groups is 2. The average Bonchev–Trinajstić information content (AvgIpc) is 3.30. The zero-order valence-electron chi connectivity index (χ0n) is 35.1. The molecule has 326 valence electrons. The van der Waals surface area contributed by atoms with Gasteiger partial charge in [-0.3, -0.25) is 9.69 Å². The summed E-state index contributed by atoms with van der Waals surface area (Å²) in [5.74, 6) is -0.625. The molecule has 12 nitrogen and oxygen atoms in total. The molecular formula is C50H55NO11. The SMILES string of the molecule is CC(=O)O[C@H]1CN(C(=O)OCc2ccccc2)[C@H](COCc2ccccc2)[C@@H](O)[C@@H]1O[C@H]1O[C@H](C)[C@H](OCc2ccccc2)[C@H](OCc2ccccc2)[C@H]1OCc1ccccc1. The number of esters is 1. The fourth-order valence-electron chi connectivity index (χ4n) is 7.75. The van der Waals surface area contributed by atoms with E-state index in [0.29, 0.717) is 0 Å². The second-order valence-electron chi connectivity index (χ2n) is 15.5. The Bertz CT molecular complexity index is 2080. The van der Waals surface area contributed by atoms with Crippen LogP contribution < -0.4 is 0 Å². The maximum Gasteiger partial charge on any atom is 0.410 e. The number of amides is 1. The molecule has 0 radical (unpaired) electrons. The van der Waals surface area contributed by atoms with E-state index in [1.165, 1.54) is 11.8 Å². The minimum atomic E-state index is -1.45. The molecule has 62 heavy (non-hydrogen) atoms. The van der Waals surface area contributed by atoms with E-state index in [4.69, 9.17) is 37.9 Å². The van der Waals surface area contributed by atoms with Crippen LogP contribution in [0.15, 0.2) is 152 Å². The largest absolute Gasteiger partial charge is 0.458 e. The number of hydrogen-bond donors (Lipinski definition) is 1. The van der Waals surface area contributed by atoms with E-state index >= 15 is 0 Å². The predicted octanol–water partition coefficient (Wildman–Crippen LogP) is 7.40. The van der Waals surface area contributed by atoms with Crippen LogP contribution in [0.1, 0.15) is 41.7 Å². The number of hydrogen-bond acceptors (Lipinski definition) is 11. The zero-order chi connectivity index (χ0) is 43.1. The summed E-state index contributed by atoms with van der Waals surface area (Å²) in [5.41, 5.74) is 4.53. The van der Waals surface area contributed by atoms with Crippen LogP contribution in [-0.2, 0) is 75.7 Å². The van der Waals surface area contributed by atoms with Gasteiger partial charge in [-0.1, -0.05) is 152 Å². The summed E-state index contributed by atoms with van der Waals surface area (Å²) in [6.07, 6.45) is -8.53. The second kappa shape index (κ2) is 22.6. The molecule has 0 bridgehead atoms. The maximum absolute atomic E-state index is 13.9. The standard InChI is InChI=1S/C50H55NO11/c1-35-45(56-30-38-20-10-4-11-21-38)47(57-31-39-22-12-5-13-23-39)48(58-32-40-24-14-6-15-25-40)49(60-35)62-46-43(61-36(2)52)28-51(50(54)59-33-41-26-16-7-17-27-41)42(44(46)53)34-55-29-37-18-8-3-9-19-37/h3-27,35,42-49,53H,28-34H2,1-2H3/t35-,42-,43+,44-,45+,46-,47+,48-,49-/m1/s1. The molecule has 9 atom stereocenters. The van der Waals surface area contributed by atoms with Crippen LogP contribution in [0.25, 0.3) is 0 Å². The average molecular weight is 846 g/mol. The minimum Gasteiger partial charge on any atom is -0.458 e. The van der Waals surface area contributed by atoms with Crippen molar-refractivity contribution in [1.82, 2.24) is 4.90 Å². The van der Waals surface area contributed by atoms with E-state index < -0.39 is 67.1 Å². The topological polar surface area (TPSA) is 131 Å². The first-order chi connectivity index (χ1) is 30.3. The highest BCUT2D eigenvalue weighted by Crippen LogP contribution is 2.34. The normalized spacial score (nSPS) is 24.9. The van der Waals surface area contributed by atoms with E-state index in [1.807, 2.05) is 159 Å². The Kier molecular flexibility index (Phi) is 16.3. The van der Waals surface area contributed by atoms with Crippen LogP contribution in [0, 0.1) is 0 Å². The van der Waals surface area contributed by atoms with Gasteiger partial charge in [-0.25, -0.2) is 4.79 Å². The van der Waals surface area contributed by atoms with Gasteiger partial charge in [0.25, 0.3) is 0 Å². The summed E-state index contributed by atoms with van der Waals surface area (Å²) in [7, 11) is 0. The molecule has 7 rings (SSSR count). The number of ether oxygens (including phenoxy) is 8. The van der Waals surface area contributed by atoms with Crippen LogP contribution >= 0.6 is 0 Å². The van der Waals surface area contributed by atoms with Gasteiger partial charge in [0.15, 0.2) is 6.29 Å². The lowest BCUT2D eigenvalue weighted by atomic mass is 9.93. The lowest BCUT2D eigenvalue weighted by Crippen LogP contribution is -2.68. The Hall–Kier alpha value is -5.44. The van der Waals surface area contributed by atoms with Crippen LogP contribution in [0.4, 0.5) is 4.79 Å². The van der Waals surface area contributed by atoms with E-state index in [-0.39, 0.29) is 46.2 Å². The summed E-state index contributed by atoms with van der Waals surface area (Å²) < 4.78 is 51.4. The number of aliphatic hydroxyl groups excluding tert-OH is 1. The molecule has 0 aromatic heterocycles. The summed E-state index contributed by atoms with van der Waals surface area (Å²) in [4.78, 5) is 28.0. The highest BCUT2D eigenvalue weighted by molar-refractivity contribution is 5.69. The van der Waals surface area contributed by atoms with Gasteiger partial charge in [0.2, 0.25) is 0 Å². The quantitative estimate of drug-likeness (QED) is 0.0886. The van der Waals surface area contributed by atoms with Gasteiger partial charge >= 0.3 is 12.1 Å². The Morgan fingerprint density at radius 1 is 0.597 bits per heavy atom. The molecule has 5 aromatic carbocycles. The Morgan fingerprint density at radius 2 is 1.03 bits per heavy atom. The fraction of sp³-hybridized carbons (Fsp3) is 0.360. The van der Waals surface area contributed by atoms with E-state index in [2.05, 4.69) is 0 Å². The number of likely N-dealkylation sites (tertiary alicyclic amines) is 1. The van der Waals surface area contributed by atoms with Crippen molar-refractivity contribution >= 4 is 12.1 Å². The molecule has 2 aliphatic rings. The number of aliphatic hydroxyl groups is 1. The zero-order valence-corrected chi connectivity index (χ0v) is 35.1. The highest BCUT2D eigenvalue weighted by Gasteiger charge is 2.53. The molecule has 0 aliphatic carbocycles. The Morgan fingerprint density at radius 3 is 1.52 bits per heavy atom. The molecule has 1 amide bonds. The molecule has 0 unspecified atom stereocenters. The smallest absolute Gasteiger partial charge is 0.410 e. The molecule has 2 saturated heterocycles. The predicted molar refractivity (Wildman–Crippen MR) is 229 cm³/mol. The van der Waals surface area contributed by atoms with Gasteiger partial charge in [-0.05, 0) is 34.7 Å². The molecule has 5 aromatic rings. The number of carbonyl (C=O) groups excluding carboxylic acids is 2. The van der Waals surface area contributed by atoms with Crippen LogP contribution in [0.2, 0.25) is 0 Å². The lowest BCUT2D eigenvalue weighted by molar-refractivity contribution is -0.343. The van der Waals surface area contributed by atoms with Crippen molar-refractivity contribution in [3.8, 4) is 0 Å². The first-order valence-electron chi connectivity index (χ1n) is 21.0.